The first kappa shape index (κ1) is 12.4. The Kier molecular flexibility index (Phi) is 2.99. The molecule has 2 heterocycles. The van der Waals surface area contributed by atoms with Crippen LogP contribution in [-0.4, -0.2) is 31.8 Å². The van der Waals surface area contributed by atoms with Crippen molar-refractivity contribution in [2.24, 2.45) is 0 Å². The molecule has 0 spiro atoms. The van der Waals surface area contributed by atoms with Crippen molar-refractivity contribution in [2.45, 2.75) is 6.54 Å². The van der Waals surface area contributed by atoms with Gasteiger partial charge in [-0.2, -0.15) is 5.21 Å². The van der Waals surface area contributed by atoms with E-state index in [1.165, 1.54) is 0 Å². The van der Waals surface area contributed by atoms with Crippen LogP contribution in [0.2, 0.25) is 5.02 Å². The van der Waals surface area contributed by atoms with Gasteiger partial charge in [-0.05, 0) is 23.4 Å². The molecule has 0 bridgehead atoms. The molecule has 8 nitrogen and oxygen atoms in total. The van der Waals surface area contributed by atoms with Crippen LogP contribution in [0.4, 0.5) is 4.79 Å². The first-order valence-corrected chi connectivity index (χ1v) is 5.94. The summed E-state index contributed by atoms with van der Waals surface area (Å²) in [4.78, 5) is 10.5. The van der Waals surface area contributed by atoms with E-state index in [1.807, 2.05) is 0 Å². The zero-order valence-electron chi connectivity index (χ0n) is 9.92. The highest BCUT2D eigenvalue weighted by molar-refractivity contribution is 6.31. The molecule has 20 heavy (non-hydrogen) atoms. The summed E-state index contributed by atoms with van der Waals surface area (Å²) in [5.74, 6) is 0.819. The zero-order valence-corrected chi connectivity index (χ0v) is 10.7. The summed E-state index contributed by atoms with van der Waals surface area (Å²) in [5, 5.41) is 25.7. The second-order valence-electron chi connectivity index (χ2n) is 3.98. The van der Waals surface area contributed by atoms with E-state index in [9.17, 15) is 4.79 Å². The molecule has 0 aliphatic carbocycles. The molecule has 1 aromatic carbocycles. The molecule has 3 aromatic rings. The van der Waals surface area contributed by atoms with E-state index < -0.39 is 6.09 Å². The van der Waals surface area contributed by atoms with Crippen molar-refractivity contribution in [3.05, 3.63) is 29.0 Å². The lowest BCUT2D eigenvalue weighted by Crippen LogP contribution is -2.19. The van der Waals surface area contributed by atoms with Crippen LogP contribution in [0.3, 0.4) is 0 Å². The summed E-state index contributed by atoms with van der Waals surface area (Å²) in [6.45, 7) is 0.0628. The van der Waals surface area contributed by atoms with E-state index >= 15 is 0 Å². The highest BCUT2D eigenvalue weighted by Crippen LogP contribution is 2.32. The number of aromatic amines is 1. The fourth-order valence-electron chi connectivity index (χ4n) is 1.86. The fraction of sp³-hybridized carbons (Fsp3) is 0.0909. The first-order chi connectivity index (χ1) is 9.63. The molecule has 0 aliphatic heterocycles. The number of fused-ring (bicyclic) bond motifs is 1. The van der Waals surface area contributed by atoms with Crippen molar-refractivity contribution >= 4 is 28.7 Å². The number of hydrogen-bond acceptors (Lipinski definition) is 5. The van der Waals surface area contributed by atoms with Crippen LogP contribution in [0.5, 0.6) is 0 Å². The standard InChI is InChI=1S/C11H8ClN5O3/c12-6-1-5-2-7(4-13-11(18)19)20-9(5)8(3-6)10-14-16-17-15-10/h1-3,13H,4H2,(H,18,19)(H,14,15,16,17). The molecule has 3 N–H and O–H groups in total. The van der Waals surface area contributed by atoms with Crippen LogP contribution in [0.25, 0.3) is 22.4 Å². The quantitative estimate of drug-likeness (QED) is 0.680. The minimum absolute atomic E-state index is 0.0628. The van der Waals surface area contributed by atoms with Gasteiger partial charge in [-0.25, -0.2) is 4.79 Å². The van der Waals surface area contributed by atoms with Crippen molar-refractivity contribution in [2.75, 3.05) is 0 Å². The molecule has 9 heteroatoms. The number of tetrazole rings is 1. The monoisotopic (exact) mass is 293 g/mol. The number of carbonyl (C=O) groups is 1. The molecule has 1 amide bonds. The molecule has 2 aromatic heterocycles. The van der Waals surface area contributed by atoms with Crippen LogP contribution in [0.1, 0.15) is 5.76 Å². The number of carboxylic acid groups (broad SMARTS) is 1. The third-order valence-electron chi connectivity index (χ3n) is 2.63. The van der Waals surface area contributed by atoms with Gasteiger partial charge in [0.15, 0.2) is 0 Å². The molecule has 0 fully saturated rings. The zero-order chi connectivity index (χ0) is 14.1. The Morgan fingerprint density at radius 3 is 3.00 bits per heavy atom. The third-order valence-corrected chi connectivity index (χ3v) is 2.85. The average Bonchev–Trinajstić information content (AvgIpc) is 3.04. The van der Waals surface area contributed by atoms with Gasteiger partial charge in [-0.1, -0.05) is 11.6 Å². The van der Waals surface area contributed by atoms with Crippen LogP contribution in [0.15, 0.2) is 22.6 Å². The van der Waals surface area contributed by atoms with Gasteiger partial charge < -0.3 is 14.8 Å². The number of nitrogens with one attached hydrogen (secondary N) is 2. The summed E-state index contributed by atoms with van der Waals surface area (Å²) in [6.07, 6.45) is -1.12. The molecule has 102 valence electrons. The molecule has 0 unspecified atom stereocenters. The molecular weight excluding hydrogens is 286 g/mol. The van der Waals surface area contributed by atoms with Crippen molar-refractivity contribution in [1.29, 1.82) is 0 Å². The van der Waals surface area contributed by atoms with Crippen LogP contribution < -0.4 is 5.32 Å². The maximum absolute atomic E-state index is 10.5. The molecule has 0 atom stereocenters. The highest BCUT2D eigenvalue weighted by Gasteiger charge is 2.15. The van der Waals surface area contributed by atoms with Gasteiger partial charge in [-0.3, -0.25) is 0 Å². The topological polar surface area (TPSA) is 117 Å². The average molecular weight is 294 g/mol. The van der Waals surface area contributed by atoms with Gasteiger partial charge in [0.25, 0.3) is 0 Å². The number of rotatable bonds is 3. The van der Waals surface area contributed by atoms with Gasteiger partial charge in [0.1, 0.15) is 11.3 Å². The Balaban J connectivity index is 2.08. The smallest absolute Gasteiger partial charge is 0.405 e. The van der Waals surface area contributed by atoms with Crippen molar-refractivity contribution in [3.8, 4) is 11.4 Å². The Bertz CT molecular complexity index is 768. The maximum Gasteiger partial charge on any atom is 0.405 e. The highest BCUT2D eigenvalue weighted by atomic mass is 35.5. The summed E-state index contributed by atoms with van der Waals surface area (Å²) >= 11 is 6.04. The number of hydrogen-bond donors (Lipinski definition) is 3. The molecule has 0 saturated carbocycles. The lowest BCUT2D eigenvalue weighted by atomic mass is 10.1. The summed E-state index contributed by atoms with van der Waals surface area (Å²) < 4.78 is 5.62. The Hall–Kier alpha value is -2.61. The number of halogens is 1. The van der Waals surface area contributed by atoms with Gasteiger partial charge in [0.05, 0.1) is 12.1 Å². The van der Waals surface area contributed by atoms with Crippen LogP contribution >= 0.6 is 11.6 Å². The van der Waals surface area contributed by atoms with E-state index in [2.05, 4.69) is 25.9 Å². The second kappa shape index (κ2) is 4.82. The molecule has 0 saturated heterocycles. The van der Waals surface area contributed by atoms with E-state index in [0.717, 1.165) is 5.39 Å². The van der Waals surface area contributed by atoms with Crippen molar-refractivity contribution in [1.82, 2.24) is 25.9 Å². The molecule has 0 radical (unpaired) electrons. The second-order valence-corrected chi connectivity index (χ2v) is 4.41. The molecular formula is C11H8ClN5O3. The molecule has 0 aliphatic rings. The van der Waals surface area contributed by atoms with Gasteiger partial charge in [-0.15, -0.1) is 10.2 Å². The van der Waals surface area contributed by atoms with Gasteiger partial charge in [0.2, 0.25) is 5.82 Å². The minimum Gasteiger partial charge on any atom is -0.465 e. The summed E-state index contributed by atoms with van der Waals surface area (Å²) in [5.41, 5.74) is 1.11. The summed E-state index contributed by atoms with van der Waals surface area (Å²) in [7, 11) is 0. The Labute approximate surface area is 116 Å². The predicted octanol–water partition coefficient (Wildman–Crippen LogP) is 2.03. The Morgan fingerprint density at radius 2 is 2.30 bits per heavy atom. The number of amides is 1. The predicted molar refractivity (Wildman–Crippen MR) is 69.3 cm³/mol. The Morgan fingerprint density at radius 1 is 1.45 bits per heavy atom. The van der Waals surface area contributed by atoms with E-state index in [1.54, 1.807) is 18.2 Å². The fourth-order valence-corrected chi connectivity index (χ4v) is 2.09. The van der Waals surface area contributed by atoms with Crippen LogP contribution in [0, 0.1) is 0 Å². The normalized spacial score (nSPS) is 10.8. The van der Waals surface area contributed by atoms with Crippen molar-refractivity contribution < 1.29 is 14.3 Å². The SMILES string of the molecule is O=C(O)NCc1cc2cc(Cl)cc(-c3nn[nH]n3)c2o1. The van der Waals surface area contributed by atoms with E-state index in [-0.39, 0.29) is 6.54 Å². The van der Waals surface area contributed by atoms with Gasteiger partial charge in [0, 0.05) is 10.4 Å². The third kappa shape index (κ3) is 2.28. The maximum atomic E-state index is 10.5. The lowest BCUT2D eigenvalue weighted by molar-refractivity contribution is 0.193. The first-order valence-electron chi connectivity index (χ1n) is 5.56. The van der Waals surface area contributed by atoms with Gasteiger partial charge >= 0.3 is 6.09 Å². The minimum atomic E-state index is -1.12. The largest absolute Gasteiger partial charge is 0.465 e. The van der Waals surface area contributed by atoms with E-state index in [0.29, 0.717) is 27.8 Å². The number of benzene rings is 1. The van der Waals surface area contributed by atoms with Crippen LogP contribution in [-0.2, 0) is 6.54 Å². The molecule has 3 rings (SSSR count). The number of nitrogens with zero attached hydrogens (tertiary/aromatic N) is 3. The number of aromatic nitrogens is 4. The van der Waals surface area contributed by atoms with Crippen molar-refractivity contribution in [3.63, 3.8) is 0 Å². The summed E-state index contributed by atoms with van der Waals surface area (Å²) in [6, 6.07) is 5.08. The lowest BCUT2D eigenvalue weighted by Gasteiger charge is -1.98. The number of H-pyrrole nitrogens is 1. The van der Waals surface area contributed by atoms with E-state index in [4.69, 9.17) is 21.1 Å². The number of furan rings is 1.